The van der Waals surface area contributed by atoms with E-state index in [1.165, 1.54) is 12.1 Å². The summed E-state index contributed by atoms with van der Waals surface area (Å²) in [7, 11) is -4.04. The maximum absolute atomic E-state index is 14.0. The van der Waals surface area contributed by atoms with E-state index < -0.39 is 27.7 Å². The minimum atomic E-state index is -4.77. The molecule has 0 amide bonds. The van der Waals surface area contributed by atoms with Crippen molar-refractivity contribution in [2.75, 3.05) is 0 Å². The van der Waals surface area contributed by atoms with E-state index >= 15 is 0 Å². The Morgan fingerprint density at radius 1 is 1.14 bits per heavy atom. The highest BCUT2D eigenvalue weighted by Crippen LogP contribution is 2.33. The van der Waals surface area contributed by atoms with Crippen LogP contribution in [0.2, 0.25) is 0 Å². The standard InChI is InChI=1S/C17H10F4N4O2S/c1-2-10-3-4-11(7-13(10)18)14-8-15(17(19,20)21)24-25(14)16-6-5-12(9-23-16)28(22,26)27/h1,3-9H,(H2,22,26,27). The molecule has 0 fully saturated rings. The lowest BCUT2D eigenvalue weighted by Crippen LogP contribution is -2.13. The molecule has 0 aliphatic heterocycles. The molecule has 2 N–H and O–H groups in total. The van der Waals surface area contributed by atoms with Crippen LogP contribution in [0.1, 0.15) is 11.3 Å². The number of aromatic nitrogens is 3. The highest BCUT2D eigenvalue weighted by atomic mass is 32.2. The van der Waals surface area contributed by atoms with Crippen molar-refractivity contribution >= 4 is 10.0 Å². The third-order valence-corrected chi connectivity index (χ3v) is 4.58. The molecule has 0 aliphatic rings. The molecule has 2 heterocycles. The quantitative estimate of drug-likeness (QED) is 0.531. The number of halogens is 4. The third kappa shape index (κ3) is 3.73. The van der Waals surface area contributed by atoms with Gasteiger partial charge in [0.2, 0.25) is 10.0 Å². The molecule has 28 heavy (non-hydrogen) atoms. The lowest BCUT2D eigenvalue weighted by atomic mass is 10.1. The summed E-state index contributed by atoms with van der Waals surface area (Å²) in [6.07, 6.45) is 1.26. The first-order chi connectivity index (χ1) is 13.0. The summed E-state index contributed by atoms with van der Waals surface area (Å²) in [5, 5.41) is 8.45. The number of rotatable bonds is 3. The Morgan fingerprint density at radius 3 is 2.36 bits per heavy atom. The smallest absolute Gasteiger partial charge is 0.236 e. The topological polar surface area (TPSA) is 90.9 Å². The summed E-state index contributed by atoms with van der Waals surface area (Å²) in [6, 6.07) is 6.47. The van der Waals surface area contributed by atoms with Crippen LogP contribution in [0.15, 0.2) is 47.5 Å². The Bertz CT molecular complexity index is 1190. The summed E-state index contributed by atoms with van der Waals surface area (Å²) in [5.74, 6) is 1.19. The number of nitrogens with zero attached hydrogens (tertiary/aromatic N) is 3. The fourth-order valence-electron chi connectivity index (χ4n) is 2.36. The van der Waals surface area contributed by atoms with E-state index in [0.29, 0.717) is 0 Å². The van der Waals surface area contributed by atoms with Gasteiger partial charge in [0, 0.05) is 11.8 Å². The van der Waals surface area contributed by atoms with Crippen molar-refractivity contribution in [2.24, 2.45) is 5.14 Å². The average molecular weight is 410 g/mol. The lowest BCUT2D eigenvalue weighted by Gasteiger charge is -2.08. The predicted octanol–water partition coefficient (Wildman–Crippen LogP) is 2.72. The molecule has 0 aliphatic carbocycles. The van der Waals surface area contributed by atoms with E-state index in [4.69, 9.17) is 11.6 Å². The monoisotopic (exact) mass is 410 g/mol. The molecule has 144 valence electrons. The third-order valence-electron chi connectivity index (χ3n) is 3.69. The van der Waals surface area contributed by atoms with Crippen LogP contribution in [0.4, 0.5) is 17.6 Å². The predicted molar refractivity (Wildman–Crippen MR) is 91.1 cm³/mol. The number of alkyl halides is 3. The van der Waals surface area contributed by atoms with Crippen molar-refractivity contribution in [1.82, 2.24) is 14.8 Å². The fraction of sp³-hybridized carbons (Fsp3) is 0.0588. The van der Waals surface area contributed by atoms with Gasteiger partial charge in [-0.05, 0) is 30.3 Å². The maximum atomic E-state index is 14.0. The summed E-state index contributed by atoms with van der Waals surface area (Å²) >= 11 is 0. The van der Waals surface area contributed by atoms with Crippen LogP contribution in [0.25, 0.3) is 17.1 Å². The number of hydrogen-bond acceptors (Lipinski definition) is 4. The summed E-state index contributed by atoms with van der Waals surface area (Å²) < 4.78 is 76.9. The fourth-order valence-corrected chi connectivity index (χ4v) is 2.81. The molecule has 1 aromatic carbocycles. The first kappa shape index (κ1) is 19.5. The number of pyridine rings is 1. The zero-order valence-corrected chi connectivity index (χ0v) is 14.6. The van der Waals surface area contributed by atoms with Gasteiger partial charge < -0.3 is 0 Å². The second-order valence-corrected chi connectivity index (χ2v) is 7.12. The van der Waals surface area contributed by atoms with Crippen LogP contribution >= 0.6 is 0 Å². The van der Waals surface area contributed by atoms with Gasteiger partial charge >= 0.3 is 6.18 Å². The van der Waals surface area contributed by atoms with Crippen LogP contribution < -0.4 is 5.14 Å². The molecule has 2 aromatic heterocycles. The van der Waals surface area contributed by atoms with Crippen LogP contribution in [-0.2, 0) is 16.2 Å². The van der Waals surface area contributed by atoms with Crippen molar-refractivity contribution in [1.29, 1.82) is 0 Å². The van der Waals surface area contributed by atoms with Gasteiger partial charge in [-0.3, -0.25) is 0 Å². The Kier molecular flexibility index (Phi) is 4.70. The number of hydrogen-bond donors (Lipinski definition) is 1. The molecule has 0 saturated carbocycles. The van der Waals surface area contributed by atoms with Crippen molar-refractivity contribution in [3.63, 3.8) is 0 Å². The number of nitrogens with two attached hydrogens (primary N) is 1. The van der Waals surface area contributed by atoms with Gasteiger partial charge in [-0.25, -0.2) is 27.6 Å². The molecule has 0 unspecified atom stereocenters. The number of primary sulfonamides is 1. The van der Waals surface area contributed by atoms with Gasteiger partial charge in [-0.15, -0.1) is 6.42 Å². The Hall–Kier alpha value is -3.23. The van der Waals surface area contributed by atoms with Gasteiger partial charge in [0.1, 0.15) is 10.7 Å². The van der Waals surface area contributed by atoms with Crippen molar-refractivity contribution in [3.8, 4) is 29.4 Å². The first-order valence-electron chi connectivity index (χ1n) is 7.44. The van der Waals surface area contributed by atoms with E-state index in [2.05, 4.69) is 16.0 Å². The van der Waals surface area contributed by atoms with Gasteiger partial charge in [-0.1, -0.05) is 12.0 Å². The summed E-state index contributed by atoms with van der Waals surface area (Å²) in [5.41, 5.74) is -1.34. The molecular weight excluding hydrogens is 400 g/mol. The molecular formula is C17H10F4N4O2S. The molecule has 0 radical (unpaired) electrons. The minimum absolute atomic E-state index is 0.0542. The SMILES string of the molecule is C#Cc1ccc(-c2cc(C(F)(F)F)nn2-c2ccc(S(N)(=O)=O)cn2)cc1F. The zero-order chi connectivity index (χ0) is 20.7. The molecule has 0 atom stereocenters. The van der Waals surface area contributed by atoms with Crippen molar-refractivity contribution in [2.45, 2.75) is 11.1 Å². The number of sulfonamides is 1. The molecule has 6 nitrogen and oxygen atoms in total. The highest BCUT2D eigenvalue weighted by Gasteiger charge is 2.35. The van der Waals surface area contributed by atoms with Crippen LogP contribution in [0.5, 0.6) is 0 Å². The van der Waals surface area contributed by atoms with Gasteiger partial charge in [-0.2, -0.15) is 18.3 Å². The van der Waals surface area contributed by atoms with E-state index in [-0.39, 0.29) is 27.5 Å². The Morgan fingerprint density at radius 2 is 1.86 bits per heavy atom. The zero-order valence-electron chi connectivity index (χ0n) is 13.8. The molecule has 0 bridgehead atoms. The average Bonchev–Trinajstić information content (AvgIpc) is 3.07. The Labute approximate surface area is 156 Å². The molecule has 0 saturated heterocycles. The summed E-state index contributed by atoms with van der Waals surface area (Å²) in [6.45, 7) is 0. The van der Waals surface area contributed by atoms with Crippen LogP contribution in [-0.4, -0.2) is 23.2 Å². The first-order valence-corrected chi connectivity index (χ1v) is 8.98. The molecule has 11 heteroatoms. The van der Waals surface area contributed by atoms with E-state index in [0.717, 1.165) is 35.1 Å². The number of terminal acetylenes is 1. The summed E-state index contributed by atoms with van der Waals surface area (Å²) in [4.78, 5) is 3.47. The van der Waals surface area contributed by atoms with E-state index in [1.54, 1.807) is 0 Å². The second kappa shape index (κ2) is 6.74. The van der Waals surface area contributed by atoms with Crippen molar-refractivity contribution in [3.05, 3.63) is 59.7 Å². The van der Waals surface area contributed by atoms with E-state index in [9.17, 15) is 26.0 Å². The van der Waals surface area contributed by atoms with Crippen molar-refractivity contribution < 1.29 is 26.0 Å². The van der Waals surface area contributed by atoms with Crippen LogP contribution in [0, 0.1) is 18.2 Å². The highest BCUT2D eigenvalue weighted by molar-refractivity contribution is 7.89. The molecule has 3 aromatic rings. The Balaban J connectivity index is 2.19. The lowest BCUT2D eigenvalue weighted by molar-refractivity contribution is -0.141. The van der Waals surface area contributed by atoms with Gasteiger partial charge in [0.25, 0.3) is 0 Å². The van der Waals surface area contributed by atoms with Gasteiger partial charge in [0.15, 0.2) is 11.5 Å². The second-order valence-electron chi connectivity index (χ2n) is 5.56. The minimum Gasteiger partial charge on any atom is -0.236 e. The maximum Gasteiger partial charge on any atom is 0.435 e. The van der Waals surface area contributed by atoms with Crippen LogP contribution in [0.3, 0.4) is 0 Å². The largest absolute Gasteiger partial charge is 0.435 e. The molecule has 0 spiro atoms. The van der Waals surface area contributed by atoms with Gasteiger partial charge in [0.05, 0.1) is 11.3 Å². The van der Waals surface area contributed by atoms with E-state index in [1.807, 2.05) is 0 Å². The number of benzene rings is 1. The molecule has 3 rings (SSSR count). The normalized spacial score (nSPS) is 12.0.